The molecule has 0 radical (unpaired) electrons. The molecular weight excluding hydrogens is 492 g/mol. The Kier molecular flexibility index (Phi) is 7.24. The lowest BCUT2D eigenvalue weighted by molar-refractivity contribution is 0.296. The smallest absolute Gasteiger partial charge is 0.240 e. The second-order valence-corrected chi connectivity index (χ2v) is 8.34. The summed E-state index contributed by atoms with van der Waals surface area (Å²) in [6.07, 6.45) is 4.23. The van der Waals surface area contributed by atoms with Gasteiger partial charge in [0.1, 0.15) is 18.1 Å². The van der Waals surface area contributed by atoms with Crippen LogP contribution in [0, 0.1) is 0 Å². The van der Waals surface area contributed by atoms with Gasteiger partial charge in [-0.1, -0.05) is 45.7 Å². The van der Waals surface area contributed by atoms with Gasteiger partial charge in [0.15, 0.2) is 0 Å². The summed E-state index contributed by atoms with van der Waals surface area (Å²) in [4.78, 5) is 0. The van der Waals surface area contributed by atoms with E-state index in [1.807, 2.05) is 72.8 Å². The Labute approximate surface area is 199 Å². The molecule has 0 unspecified atom stereocenters. The molecule has 0 atom stereocenters. The van der Waals surface area contributed by atoms with Crippen LogP contribution in [0.25, 0.3) is 12.2 Å². The van der Waals surface area contributed by atoms with Crippen LogP contribution in [-0.2, 0) is 13.0 Å². The molecule has 0 N–H and O–H groups in total. The molecule has 4 aromatic rings. The van der Waals surface area contributed by atoms with Crippen LogP contribution < -0.4 is 9.47 Å². The van der Waals surface area contributed by atoms with Gasteiger partial charge in [0.25, 0.3) is 0 Å². The minimum atomic E-state index is 0.386. The zero-order valence-corrected chi connectivity index (χ0v) is 19.6. The summed E-state index contributed by atoms with van der Waals surface area (Å²) in [5.41, 5.74) is 2.92. The van der Waals surface area contributed by atoms with E-state index in [9.17, 15) is 0 Å². The van der Waals surface area contributed by atoms with E-state index < -0.39 is 0 Å². The van der Waals surface area contributed by atoms with Crippen molar-refractivity contribution in [1.29, 1.82) is 0 Å². The van der Waals surface area contributed by atoms with E-state index >= 15 is 0 Å². The number of halogens is 2. The molecule has 0 fully saturated rings. The molecular formula is C25H20BrClN2O3. The maximum Gasteiger partial charge on any atom is 0.240 e. The predicted octanol–water partition coefficient (Wildman–Crippen LogP) is 6.83. The van der Waals surface area contributed by atoms with E-state index in [0.717, 1.165) is 32.7 Å². The SMILES string of the molecule is COc1ccc(/C=C\c2nnc(Cc3cccc(Cl)c3)o2)cc1COc1ccc(Br)cc1. The molecule has 0 saturated heterocycles. The van der Waals surface area contributed by atoms with Crippen molar-refractivity contribution >= 4 is 39.7 Å². The summed E-state index contributed by atoms with van der Waals surface area (Å²) in [5, 5.41) is 8.89. The van der Waals surface area contributed by atoms with Crippen LogP contribution in [0.2, 0.25) is 5.02 Å². The van der Waals surface area contributed by atoms with Gasteiger partial charge >= 0.3 is 0 Å². The normalized spacial score (nSPS) is 11.1. The fourth-order valence-electron chi connectivity index (χ4n) is 3.10. The van der Waals surface area contributed by atoms with Gasteiger partial charge in [-0.2, -0.15) is 0 Å². The summed E-state index contributed by atoms with van der Waals surface area (Å²) < 4.78 is 18.1. The Hall–Kier alpha value is -3.09. The summed E-state index contributed by atoms with van der Waals surface area (Å²) in [5.74, 6) is 2.52. The highest BCUT2D eigenvalue weighted by Gasteiger charge is 2.07. The molecule has 0 bridgehead atoms. The Morgan fingerprint density at radius 3 is 2.62 bits per heavy atom. The fourth-order valence-corrected chi connectivity index (χ4v) is 3.58. The number of rotatable bonds is 8. The van der Waals surface area contributed by atoms with Crippen molar-refractivity contribution in [2.75, 3.05) is 7.11 Å². The van der Waals surface area contributed by atoms with Crippen molar-refractivity contribution in [2.45, 2.75) is 13.0 Å². The molecule has 0 amide bonds. The Balaban J connectivity index is 1.44. The van der Waals surface area contributed by atoms with Crippen molar-refractivity contribution in [3.63, 3.8) is 0 Å². The first-order chi connectivity index (χ1) is 15.6. The molecule has 3 aromatic carbocycles. The van der Waals surface area contributed by atoms with Gasteiger partial charge in [-0.25, -0.2) is 0 Å². The molecule has 1 aromatic heterocycles. The second-order valence-electron chi connectivity index (χ2n) is 6.99. The molecule has 162 valence electrons. The standard InChI is InChI=1S/C25H20BrClN2O3/c1-30-23-11-5-17(13-19(23)16-31-22-9-7-20(26)8-10-22)6-12-24-28-29-25(32-24)15-18-3-2-4-21(27)14-18/h2-14H,15-16H2,1H3/b12-6-. The van der Waals surface area contributed by atoms with E-state index in [4.69, 9.17) is 25.5 Å². The molecule has 0 aliphatic carbocycles. The third-order valence-electron chi connectivity index (χ3n) is 4.66. The lowest BCUT2D eigenvalue weighted by Gasteiger charge is -2.11. The summed E-state index contributed by atoms with van der Waals surface area (Å²) in [7, 11) is 1.65. The van der Waals surface area contributed by atoms with Crippen LogP contribution in [0.1, 0.15) is 28.5 Å². The quantitative estimate of drug-likeness (QED) is 0.259. The van der Waals surface area contributed by atoms with E-state index in [0.29, 0.717) is 29.8 Å². The average Bonchev–Trinajstić information content (AvgIpc) is 3.24. The second kappa shape index (κ2) is 10.5. The van der Waals surface area contributed by atoms with Gasteiger partial charge in [-0.15, -0.1) is 10.2 Å². The molecule has 4 rings (SSSR count). The van der Waals surface area contributed by atoms with Gasteiger partial charge < -0.3 is 13.9 Å². The summed E-state index contributed by atoms with van der Waals surface area (Å²) in [6, 6.07) is 21.2. The van der Waals surface area contributed by atoms with E-state index in [1.165, 1.54) is 0 Å². The Morgan fingerprint density at radius 1 is 1.00 bits per heavy atom. The zero-order valence-electron chi connectivity index (χ0n) is 17.3. The first-order valence-electron chi connectivity index (χ1n) is 9.89. The van der Waals surface area contributed by atoms with E-state index in [2.05, 4.69) is 26.1 Å². The lowest BCUT2D eigenvalue weighted by atomic mass is 10.1. The molecule has 0 aliphatic rings. The maximum absolute atomic E-state index is 6.03. The molecule has 0 aliphatic heterocycles. The first-order valence-corrected chi connectivity index (χ1v) is 11.1. The fraction of sp³-hybridized carbons (Fsp3) is 0.120. The van der Waals surface area contributed by atoms with Crippen molar-refractivity contribution in [3.05, 3.63) is 105 Å². The topological polar surface area (TPSA) is 57.4 Å². The van der Waals surface area contributed by atoms with Crippen molar-refractivity contribution in [1.82, 2.24) is 10.2 Å². The van der Waals surface area contributed by atoms with Crippen LogP contribution in [0.3, 0.4) is 0 Å². The number of hydrogen-bond acceptors (Lipinski definition) is 5. The van der Waals surface area contributed by atoms with Crippen LogP contribution in [0.4, 0.5) is 0 Å². The van der Waals surface area contributed by atoms with Crippen molar-refractivity contribution < 1.29 is 13.9 Å². The minimum absolute atomic E-state index is 0.386. The van der Waals surface area contributed by atoms with Crippen molar-refractivity contribution in [2.24, 2.45) is 0 Å². The highest BCUT2D eigenvalue weighted by molar-refractivity contribution is 9.10. The summed E-state index contributed by atoms with van der Waals surface area (Å²) in [6.45, 7) is 0.386. The van der Waals surface area contributed by atoms with E-state index in [-0.39, 0.29) is 0 Å². The first kappa shape index (κ1) is 22.1. The molecule has 5 nitrogen and oxygen atoms in total. The van der Waals surface area contributed by atoms with Gasteiger partial charge in [0.2, 0.25) is 11.8 Å². The van der Waals surface area contributed by atoms with E-state index in [1.54, 1.807) is 13.2 Å². The largest absolute Gasteiger partial charge is 0.496 e. The number of ether oxygens (including phenoxy) is 2. The number of methoxy groups -OCH3 is 1. The maximum atomic E-state index is 6.03. The molecule has 7 heteroatoms. The van der Waals surface area contributed by atoms with Crippen LogP contribution >= 0.6 is 27.5 Å². The van der Waals surface area contributed by atoms with Crippen molar-refractivity contribution in [3.8, 4) is 11.5 Å². The molecule has 32 heavy (non-hydrogen) atoms. The number of hydrogen-bond donors (Lipinski definition) is 0. The molecule has 1 heterocycles. The Bertz CT molecular complexity index is 1220. The lowest BCUT2D eigenvalue weighted by Crippen LogP contribution is -1.99. The van der Waals surface area contributed by atoms with Gasteiger partial charge in [-0.05, 0) is 65.7 Å². The molecule has 0 saturated carbocycles. The average molecular weight is 512 g/mol. The van der Waals surface area contributed by atoms with Crippen LogP contribution in [-0.4, -0.2) is 17.3 Å². The zero-order chi connectivity index (χ0) is 22.3. The van der Waals surface area contributed by atoms with Crippen LogP contribution in [0.15, 0.2) is 75.6 Å². The monoisotopic (exact) mass is 510 g/mol. The third-order valence-corrected chi connectivity index (χ3v) is 5.42. The highest BCUT2D eigenvalue weighted by Crippen LogP contribution is 2.24. The third kappa shape index (κ3) is 5.99. The summed E-state index contributed by atoms with van der Waals surface area (Å²) >= 11 is 9.46. The highest BCUT2D eigenvalue weighted by atomic mass is 79.9. The predicted molar refractivity (Wildman–Crippen MR) is 129 cm³/mol. The minimum Gasteiger partial charge on any atom is -0.496 e. The van der Waals surface area contributed by atoms with Gasteiger partial charge in [0.05, 0.1) is 13.5 Å². The van der Waals surface area contributed by atoms with Crippen LogP contribution in [0.5, 0.6) is 11.5 Å². The number of benzene rings is 3. The van der Waals surface area contributed by atoms with Gasteiger partial charge in [0, 0.05) is 21.1 Å². The number of nitrogens with zero attached hydrogens (tertiary/aromatic N) is 2. The number of aromatic nitrogens is 2. The molecule has 0 spiro atoms. The Morgan fingerprint density at radius 2 is 1.84 bits per heavy atom. The van der Waals surface area contributed by atoms with Gasteiger partial charge in [-0.3, -0.25) is 0 Å².